The normalized spacial score (nSPS) is 20.3. The highest BCUT2D eigenvalue weighted by Crippen LogP contribution is 2.24. The molecule has 1 aliphatic rings. The molecule has 17 nitrogen and oxygen atoms in total. The summed E-state index contributed by atoms with van der Waals surface area (Å²) in [6, 6.07) is 12.7. The monoisotopic (exact) mass is 877 g/mol. The summed E-state index contributed by atoms with van der Waals surface area (Å²) in [6.07, 6.45) is 1.37. The number of carbonyl (C=O) groups excluding carboxylic acids is 6. The fraction of sp³-hybridized carbons (Fsp3) is 0.432. The van der Waals surface area contributed by atoms with E-state index in [0.29, 0.717) is 17.5 Å². The second-order valence-electron chi connectivity index (χ2n) is 15.7. The summed E-state index contributed by atoms with van der Waals surface area (Å²) in [5, 5.41) is 45.6. The largest absolute Gasteiger partial charge is 0.508 e. The molecule has 1 fully saturated rings. The van der Waals surface area contributed by atoms with Crippen molar-refractivity contribution in [2.75, 3.05) is 20.1 Å². The summed E-state index contributed by atoms with van der Waals surface area (Å²) in [5.74, 6) is -5.08. The van der Waals surface area contributed by atoms with Crippen molar-refractivity contribution in [3.8, 4) is 11.5 Å². The lowest BCUT2D eigenvalue weighted by molar-refractivity contribution is -0.139. The number of amides is 7. The summed E-state index contributed by atoms with van der Waals surface area (Å²) >= 11 is 6.09. The Morgan fingerprint density at radius 2 is 1.47 bits per heavy atom. The molecule has 334 valence electrons. The Hall–Kier alpha value is -6.36. The number of phenols is 2. The molecule has 3 aromatic carbocycles. The van der Waals surface area contributed by atoms with Gasteiger partial charge in [-0.3, -0.25) is 24.0 Å². The van der Waals surface area contributed by atoms with Gasteiger partial charge in [-0.2, -0.15) is 0 Å². The molecule has 3 aromatic rings. The molecule has 4 rings (SSSR count). The molecule has 0 saturated carbocycles. The van der Waals surface area contributed by atoms with Gasteiger partial charge < -0.3 is 52.1 Å². The molecule has 0 aliphatic carbocycles. The van der Waals surface area contributed by atoms with Crippen LogP contribution in [0.2, 0.25) is 5.02 Å². The lowest BCUT2D eigenvalue weighted by atomic mass is 9.99. The van der Waals surface area contributed by atoms with Crippen LogP contribution < -0.4 is 31.9 Å². The number of likely N-dealkylation sites (N-methyl/N-ethyl adjacent to an activating group) is 1. The fourth-order valence-corrected chi connectivity index (χ4v) is 7.05. The molecular formula is C44H56ClN7O10. The van der Waals surface area contributed by atoms with Gasteiger partial charge in [-0.15, -0.1) is 0 Å². The van der Waals surface area contributed by atoms with Crippen LogP contribution in [-0.4, -0.2) is 112 Å². The first kappa shape index (κ1) is 48.3. The number of rotatable bonds is 12. The number of carboxylic acid groups (broad SMARTS) is 1. The number of hydrogen-bond donors (Lipinski definition) is 9. The molecule has 1 heterocycles. The average molecular weight is 878 g/mol. The van der Waals surface area contributed by atoms with Gasteiger partial charge in [0.2, 0.25) is 29.5 Å². The van der Waals surface area contributed by atoms with Crippen LogP contribution in [-0.2, 0) is 48.0 Å². The third-order valence-electron chi connectivity index (χ3n) is 10.4. The third-order valence-corrected chi connectivity index (χ3v) is 10.7. The molecule has 1 saturated heterocycles. The molecule has 0 aromatic heterocycles. The summed E-state index contributed by atoms with van der Waals surface area (Å²) in [7, 11) is 1.38. The SMILES string of the molecule is CC(C)C1NC(=O)C(NC(=O)NC(Cc2ccccc2)C(=O)O)CCCCNC(=O)C(CCc2ccc(O)c(Cl)c2)NC(=O)CN(C)C(=O)C(CCc2ccc(O)cc2)NC1=O. The number of carboxylic acids is 1. The molecule has 0 bridgehead atoms. The Bertz CT molecular complexity index is 2040. The second kappa shape index (κ2) is 23.6. The Labute approximate surface area is 365 Å². The highest BCUT2D eigenvalue weighted by molar-refractivity contribution is 6.32. The predicted molar refractivity (Wildman–Crippen MR) is 230 cm³/mol. The van der Waals surface area contributed by atoms with Gasteiger partial charge in [-0.05, 0) is 91.8 Å². The van der Waals surface area contributed by atoms with E-state index >= 15 is 0 Å². The van der Waals surface area contributed by atoms with Crippen LogP contribution in [0.25, 0.3) is 0 Å². The molecular weight excluding hydrogens is 822 g/mol. The van der Waals surface area contributed by atoms with E-state index in [9.17, 15) is 48.9 Å². The van der Waals surface area contributed by atoms with Gasteiger partial charge in [0.05, 0.1) is 11.6 Å². The first-order chi connectivity index (χ1) is 29.5. The van der Waals surface area contributed by atoms with E-state index in [1.165, 1.54) is 25.2 Å². The van der Waals surface area contributed by atoms with Gasteiger partial charge in [0.25, 0.3) is 0 Å². The lowest BCUT2D eigenvalue weighted by Crippen LogP contribution is -2.59. The maximum atomic E-state index is 14.0. The Morgan fingerprint density at radius 3 is 2.13 bits per heavy atom. The fourth-order valence-electron chi connectivity index (χ4n) is 6.85. The van der Waals surface area contributed by atoms with Crippen molar-refractivity contribution in [3.63, 3.8) is 0 Å². The van der Waals surface area contributed by atoms with Crippen LogP contribution in [0, 0.1) is 5.92 Å². The predicted octanol–water partition coefficient (Wildman–Crippen LogP) is 2.55. The first-order valence-corrected chi connectivity index (χ1v) is 20.9. The van der Waals surface area contributed by atoms with E-state index in [0.717, 1.165) is 10.5 Å². The van der Waals surface area contributed by atoms with Crippen molar-refractivity contribution in [2.45, 2.75) is 95.4 Å². The van der Waals surface area contributed by atoms with E-state index in [1.54, 1.807) is 68.4 Å². The van der Waals surface area contributed by atoms with E-state index in [1.807, 2.05) is 0 Å². The van der Waals surface area contributed by atoms with Gasteiger partial charge in [-0.1, -0.05) is 74.0 Å². The Morgan fingerprint density at radius 1 is 0.806 bits per heavy atom. The van der Waals surface area contributed by atoms with E-state index in [2.05, 4.69) is 31.9 Å². The van der Waals surface area contributed by atoms with Gasteiger partial charge in [0, 0.05) is 20.0 Å². The van der Waals surface area contributed by atoms with Crippen molar-refractivity contribution in [3.05, 3.63) is 94.5 Å². The number of benzene rings is 3. The van der Waals surface area contributed by atoms with Gasteiger partial charge in [0.1, 0.15) is 41.7 Å². The minimum absolute atomic E-state index is 0.0261. The third kappa shape index (κ3) is 15.3. The van der Waals surface area contributed by atoms with Crippen LogP contribution >= 0.6 is 11.6 Å². The molecule has 62 heavy (non-hydrogen) atoms. The van der Waals surface area contributed by atoms with Crippen LogP contribution in [0.15, 0.2) is 72.8 Å². The van der Waals surface area contributed by atoms with Gasteiger partial charge >= 0.3 is 12.0 Å². The lowest BCUT2D eigenvalue weighted by Gasteiger charge is -2.29. The number of halogens is 1. The zero-order valence-electron chi connectivity index (χ0n) is 35.0. The van der Waals surface area contributed by atoms with Crippen molar-refractivity contribution in [2.24, 2.45) is 5.92 Å². The molecule has 0 radical (unpaired) electrons. The van der Waals surface area contributed by atoms with Crippen molar-refractivity contribution in [1.82, 2.24) is 36.8 Å². The van der Waals surface area contributed by atoms with Crippen LogP contribution in [0.1, 0.15) is 62.6 Å². The quantitative estimate of drug-likeness (QED) is 0.129. The molecule has 5 atom stereocenters. The zero-order chi connectivity index (χ0) is 45.3. The standard InChI is InChI=1S/C44H56ClN7O10/c1-26(2)38-41(58)48-34(20-14-27-12-17-30(53)18-13-27)42(59)52(3)25-37(55)47-33(19-15-29-16-21-36(54)31(45)23-29)39(56)46-22-8-7-11-32(40(57)51-38)49-44(62)50-35(43(60)61)24-28-9-5-4-6-10-28/h4-6,9-10,12-13,16-18,21,23,26,32-35,38,53-54H,7-8,11,14-15,19-20,22,24-25H2,1-3H3,(H,46,56)(H,47,55)(H,48,58)(H,51,57)(H,60,61)(H2,49,50,62). The minimum atomic E-state index is -1.33. The van der Waals surface area contributed by atoms with E-state index < -0.39 is 84.2 Å². The minimum Gasteiger partial charge on any atom is -0.508 e. The number of carbonyl (C=O) groups is 7. The van der Waals surface area contributed by atoms with E-state index in [-0.39, 0.29) is 68.0 Å². The number of nitrogens with zero attached hydrogens (tertiary/aromatic N) is 1. The Kier molecular flexibility index (Phi) is 18.4. The first-order valence-electron chi connectivity index (χ1n) is 20.5. The van der Waals surface area contributed by atoms with Crippen molar-refractivity contribution in [1.29, 1.82) is 0 Å². The molecule has 1 aliphatic heterocycles. The van der Waals surface area contributed by atoms with Gasteiger partial charge in [0.15, 0.2) is 0 Å². The zero-order valence-corrected chi connectivity index (χ0v) is 35.7. The van der Waals surface area contributed by atoms with Crippen molar-refractivity contribution >= 4 is 53.1 Å². The molecule has 18 heteroatoms. The number of hydrogen-bond acceptors (Lipinski definition) is 9. The molecule has 5 unspecified atom stereocenters. The molecule has 9 N–H and O–H groups in total. The smallest absolute Gasteiger partial charge is 0.326 e. The maximum absolute atomic E-state index is 14.0. The average Bonchev–Trinajstić information content (AvgIpc) is 3.23. The highest BCUT2D eigenvalue weighted by Gasteiger charge is 2.34. The molecule has 0 spiro atoms. The van der Waals surface area contributed by atoms with E-state index in [4.69, 9.17) is 11.6 Å². The van der Waals surface area contributed by atoms with Crippen LogP contribution in [0.3, 0.4) is 0 Å². The summed E-state index contributed by atoms with van der Waals surface area (Å²) < 4.78 is 0. The van der Waals surface area contributed by atoms with Crippen molar-refractivity contribution < 1.29 is 48.9 Å². The number of phenolic OH excluding ortho intramolecular Hbond substituents is 2. The molecule has 7 amide bonds. The number of aryl methyl sites for hydroxylation is 2. The van der Waals surface area contributed by atoms with Crippen LogP contribution in [0.5, 0.6) is 11.5 Å². The Balaban J connectivity index is 1.60. The highest BCUT2D eigenvalue weighted by atomic mass is 35.5. The van der Waals surface area contributed by atoms with Gasteiger partial charge in [-0.25, -0.2) is 9.59 Å². The number of urea groups is 1. The summed E-state index contributed by atoms with van der Waals surface area (Å²) in [6.45, 7) is 3.03. The maximum Gasteiger partial charge on any atom is 0.326 e. The van der Waals surface area contributed by atoms with Crippen LogP contribution in [0.4, 0.5) is 4.79 Å². The summed E-state index contributed by atoms with van der Waals surface area (Å²) in [4.78, 5) is 95.6. The number of nitrogens with one attached hydrogen (secondary N) is 6. The topological polar surface area (TPSA) is 256 Å². The number of aliphatic carboxylic acids is 1. The summed E-state index contributed by atoms with van der Waals surface area (Å²) in [5.41, 5.74) is 2.11. The number of aromatic hydroxyl groups is 2. The second-order valence-corrected chi connectivity index (χ2v) is 16.1.